The van der Waals surface area contributed by atoms with Crippen LogP contribution in [0.4, 0.5) is 10.2 Å². The van der Waals surface area contributed by atoms with E-state index in [0.717, 1.165) is 5.56 Å². The van der Waals surface area contributed by atoms with Gasteiger partial charge in [0.25, 0.3) is 0 Å². The first-order chi connectivity index (χ1) is 8.61. The molecule has 0 fully saturated rings. The Morgan fingerprint density at radius 3 is 2.89 bits per heavy atom. The zero-order chi connectivity index (χ0) is 13.1. The summed E-state index contributed by atoms with van der Waals surface area (Å²) >= 11 is 0. The average molecular weight is 244 g/mol. The Balaban J connectivity index is 2.16. The van der Waals surface area contributed by atoms with E-state index in [0.29, 0.717) is 29.9 Å². The molecule has 0 radical (unpaired) electrons. The van der Waals surface area contributed by atoms with E-state index in [9.17, 15) is 4.39 Å². The van der Waals surface area contributed by atoms with Gasteiger partial charge < -0.3 is 5.73 Å². The predicted octanol–water partition coefficient (Wildman–Crippen LogP) is 1.80. The molecule has 0 aliphatic carbocycles. The minimum atomic E-state index is -0.256. The highest BCUT2D eigenvalue weighted by Crippen LogP contribution is 2.16. The molecule has 0 saturated carbocycles. The van der Waals surface area contributed by atoms with Gasteiger partial charge in [-0.2, -0.15) is 10.4 Å². The highest BCUT2D eigenvalue weighted by molar-refractivity contribution is 5.52. The number of hydrogen-bond donors (Lipinski definition) is 1. The van der Waals surface area contributed by atoms with E-state index in [2.05, 4.69) is 5.10 Å². The van der Waals surface area contributed by atoms with Crippen LogP contribution in [0.2, 0.25) is 0 Å². The van der Waals surface area contributed by atoms with Crippen molar-refractivity contribution in [2.24, 2.45) is 7.05 Å². The Labute approximate surface area is 104 Å². The predicted molar refractivity (Wildman–Crippen MR) is 66.1 cm³/mol. The third-order valence-corrected chi connectivity index (χ3v) is 2.82. The molecule has 0 atom stereocenters. The van der Waals surface area contributed by atoms with Crippen molar-refractivity contribution in [3.63, 3.8) is 0 Å². The van der Waals surface area contributed by atoms with E-state index < -0.39 is 0 Å². The lowest BCUT2D eigenvalue weighted by atomic mass is 10.1. The number of hydrogen-bond acceptors (Lipinski definition) is 3. The van der Waals surface area contributed by atoms with Crippen LogP contribution < -0.4 is 5.73 Å². The zero-order valence-electron chi connectivity index (χ0n) is 10.0. The van der Waals surface area contributed by atoms with Crippen LogP contribution in [0, 0.1) is 17.1 Å². The second-order valence-electron chi connectivity index (χ2n) is 4.07. The van der Waals surface area contributed by atoms with E-state index in [4.69, 9.17) is 11.0 Å². The lowest BCUT2D eigenvalue weighted by Gasteiger charge is -1.99. The van der Waals surface area contributed by atoms with Gasteiger partial charge in [0.2, 0.25) is 0 Å². The van der Waals surface area contributed by atoms with Gasteiger partial charge in [-0.25, -0.2) is 4.39 Å². The minimum Gasteiger partial charge on any atom is -0.383 e. The molecule has 1 aromatic heterocycles. The Kier molecular flexibility index (Phi) is 3.28. The van der Waals surface area contributed by atoms with Crippen LogP contribution in [0.5, 0.6) is 0 Å². The van der Waals surface area contributed by atoms with Crippen LogP contribution in [-0.4, -0.2) is 9.78 Å². The van der Waals surface area contributed by atoms with Gasteiger partial charge in [0.1, 0.15) is 23.3 Å². The number of nitrogen functional groups attached to an aromatic ring is 1. The van der Waals surface area contributed by atoms with Crippen molar-refractivity contribution < 1.29 is 4.39 Å². The molecule has 1 aromatic carbocycles. The molecule has 2 N–H and O–H groups in total. The van der Waals surface area contributed by atoms with Gasteiger partial charge in [-0.05, 0) is 30.5 Å². The first kappa shape index (κ1) is 12.1. The number of nitriles is 1. The lowest BCUT2D eigenvalue weighted by Crippen LogP contribution is -1.98. The third-order valence-electron chi connectivity index (χ3n) is 2.82. The van der Waals surface area contributed by atoms with Gasteiger partial charge in [-0.15, -0.1) is 0 Å². The van der Waals surface area contributed by atoms with Gasteiger partial charge in [0, 0.05) is 7.05 Å². The largest absolute Gasteiger partial charge is 0.383 e. The molecule has 0 aliphatic heterocycles. The number of nitrogens with two attached hydrogens (primary N) is 1. The summed E-state index contributed by atoms with van der Waals surface area (Å²) in [4.78, 5) is 0. The van der Waals surface area contributed by atoms with Crippen molar-refractivity contribution in [1.82, 2.24) is 9.78 Å². The molecule has 0 spiro atoms. The first-order valence-electron chi connectivity index (χ1n) is 5.57. The number of aryl methyl sites for hydroxylation is 3. The van der Waals surface area contributed by atoms with E-state index >= 15 is 0 Å². The molecule has 92 valence electrons. The molecule has 0 aliphatic rings. The lowest BCUT2D eigenvalue weighted by molar-refractivity contribution is 0.625. The second-order valence-corrected chi connectivity index (χ2v) is 4.07. The molecule has 0 unspecified atom stereocenters. The molecule has 4 nitrogen and oxygen atoms in total. The fraction of sp³-hybridized carbons (Fsp3) is 0.231. The standard InChI is InChI=1S/C13H13FN4/c1-18-13(16)11(8-15)12(17-18)6-5-9-3-2-4-10(14)7-9/h2-4,7H,5-6,16H2,1H3. The maximum atomic E-state index is 13.0. The molecule has 18 heavy (non-hydrogen) atoms. The Hall–Kier alpha value is -2.35. The van der Waals surface area contributed by atoms with Crippen molar-refractivity contribution in [1.29, 1.82) is 5.26 Å². The summed E-state index contributed by atoms with van der Waals surface area (Å²) in [5.41, 5.74) is 7.67. The molecular weight excluding hydrogens is 231 g/mol. The van der Waals surface area contributed by atoms with Crippen molar-refractivity contribution in [3.05, 3.63) is 46.9 Å². The van der Waals surface area contributed by atoms with Crippen LogP contribution in [0.1, 0.15) is 16.8 Å². The molecule has 2 aromatic rings. The smallest absolute Gasteiger partial charge is 0.139 e. The quantitative estimate of drug-likeness (QED) is 0.895. The van der Waals surface area contributed by atoms with E-state index in [1.807, 2.05) is 12.1 Å². The zero-order valence-corrected chi connectivity index (χ0v) is 10.0. The SMILES string of the molecule is Cn1nc(CCc2cccc(F)c2)c(C#N)c1N. The second kappa shape index (κ2) is 4.88. The molecular formula is C13H13FN4. The Morgan fingerprint density at radius 1 is 1.44 bits per heavy atom. The summed E-state index contributed by atoms with van der Waals surface area (Å²) in [6.07, 6.45) is 1.19. The number of halogens is 1. The monoisotopic (exact) mass is 244 g/mol. The number of nitrogens with zero attached hydrogens (tertiary/aromatic N) is 3. The maximum absolute atomic E-state index is 13.0. The third kappa shape index (κ3) is 2.33. The topological polar surface area (TPSA) is 67.6 Å². The van der Waals surface area contributed by atoms with Crippen LogP contribution >= 0.6 is 0 Å². The van der Waals surface area contributed by atoms with Gasteiger partial charge in [0.05, 0.1) is 5.69 Å². The molecule has 5 heteroatoms. The first-order valence-corrected chi connectivity index (χ1v) is 5.57. The van der Waals surface area contributed by atoms with Gasteiger partial charge >= 0.3 is 0 Å². The normalized spacial score (nSPS) is 10.3. The number of benzene rings is 1. The van der Waals surface area contributed by atoms with Crippen LogP contribution in [-0.2, 0) is 19.9 Å². The summed E-state index contributed by atoms with van der Waals surface area (Å²) in [6, 6.07) is 8.46. The van der Waals surface area contributed by atoms with Crippen molar-refractivity contribution in [3.8, 4) is 6.07 Å². The number of rotatable bonds is 3. The van der Waals surface area contributed by atoms with E-state index in [-0.39, 0.29) is 5.82 Å². The van der Waals surface area contributed by atoms with Crippen LogP contribution in [0.15, 0.2) is 24.3 Å². The molecule has 1 heterocycles. The van der Waals surface area contributed by atoms with Crippen LogP contribution in [0.25, 0.3) is 0 Å². The molecule has 0 saturated heterocycles. The summed E-state index contributed by atoms with van der Waals surface area (Å²) < 4.78 is 14.5. The Morgan fingerprint density at radius 2 is 2.22 bits per heavy atom. The summed E-state index contributed by atoms with van der Waals surface area (Å²) in [7, 11) is 1.70. The number of aromatic nitrogens is 2. The fourth-order valence-electron chi connectivity index (χ4n) is 1.85. The van der Waals surface area contributed by atoms with Gasteiger partial charge in [-0.3, -0.25) is 4.68 Å². The van der Waals surface area contributed by atoms with E-state index in [1.54, 1.807) is 13.1 Å². The van der Waals surface area contributed by atoms with Crippen molar-refractivity contribution in [2.75, 3.05) is 5.73 Å². The molecule has 2 rings (SSSR count). The van der Waals surface area contributed by atoms with E-state index in [1.165, 1.54) is 16.8 Å². The van der Waals surface area contributed by atoms with Crippen molar-refractivity contribution >= 4 is 5.82 Å². The van der Waals surface area contributed by atoms with Gasteiger partial charge in [0.15, 0.2) is 0 Å². The number of anilines is 1. The Bertz CT molecular complexity index is 610. The highest BCUT2D eigenvalue weighted by atomic mass is 19.1. The minimum absolute atomic E-state index is 0.256. The fourth-order valence-corrected chi connectivity index (χ4v) is 1.85. The average Bonchev–Trinajstić information content (AvgIpc) is 2.62. The van der Waals surface area contributed by atoms with Gasteiger partial charge in [-0.1, -0.05) is 12.1 Å². The summed E-state index contributed by atoms with van der Waals surface area (Å²) in [5.74, 6) is 0.111. The van der Waals surface area contributed by atoms with Crippen molar-refractivity contribution in [2.45, 2.75) is 12.8 Å². The van der Waals surface area contributed by atoms with Crippen LogP contribution in [0.3, 0.4) is 0 Å². The molecule has 0 amide bonds. The summed E-state index contributed by atoms with van der Waals surface area (Å²) in [5, 5.41) is 13.2. The summed E-state index contributed by atoms with van der Waals surface area (Å²) in [6.45, 7) is 0. The highest BCUT2D eigenvalue weighted by Gasteiger charge is 2.13. The maximum Gasteiger partial charge on any atom is 0.139 e. The molecule has 0 bridgehead atoms.